The molecule has 4 nitrogen and oxygen atoms in total. The zero-order valence-corrected chi connectivity index (χ0v) is 15.7. The van der Waals surface area contributed by atoms with Gasteiger partial charge in [0.15, 0.2) is 0 Å². The predicted molar refractivity (Wildman–Crippen MR) is 99.0 cm³/mol. The van der Waals surface area contributed by atoms with Crippen LogP contribution in [0.3, 0.4) is 0 Å². The van der Waals surface area contributed by atoms with Crippen molar-refractivity contribution in [2.24, 2.45) is 0 Å². The second kappa shape index (κ2) is 8.83. The standard InChI is InChI=1S/C17H22BrN3O.ClH/c1-19-11-15-10-17(13-5-7-14(18)8-6-13)21(20-15)12-16-4-2-3-9-22-16;/h5-8,10,16,19H,2-4,9,11-12H2,1H3;1H. The van der Waals surface area contributed by atoms with Gasteiger partial charge in [-0.3, -0.25) is 4.68 Å². The van der Waals surface area contributed by atoms with E-state index < -0.39 is 0 Å². The van der Waals surface area contributed by atoms with Crippen LogP contribution in [-0.2, 0) is 17.8 Å². The van der Waals surface area contributed by atoms with Crippen LogP contribution in [-0.4, -0.2) is 29.5 Å². The normalized spacial score (nSPS) is 17.7. The first-order valence-corrected chi connectivity index (χ1v) is 8.64. The number of hydrogen-bond donors (Lipinski definition) is 1. The molecule has 2 heterocycles. The van der Waals surface area contributed by atoms with Gasteiger partial charge in [0.2, 0.25) is 0 Å². The van der Waals surface area contributed by atoms with Gasteiger partial charge in [-0.15, -0.1) is 12.4 Å². The van der Waals surface area contributed by atoms with Crippen LogP contribution in [0.4, 0.5) is 0 Å². The van der Waals surface area contributed by atoms with E-state index in [1.807, 2.05) is 7.05 Å². The summed E-state index contributed by atoms with van der Waals surface area (Å²) < 4.78 is 9.07. The molecule has 0 radical (unpaired) electrons. The Morgan fingerprint density at radius 1 is 1.30 bits per heavy atom. The number of hydrogen-bond acceptors (Lipinski definition) is 3. The number of halogens is 2. The third kappa shape index (κ3) is 4.80. The minimum atomic E-state index is 0. The summed E-state index contributed by atoms with van der Waals surface area (Å²) in [6.07, 6.45) is 3.84. The predicted octanol–water partition coefficient (Wildman–Crippen LogP) is 4.02. The van der Waals surface area contributed by atoms with Gasteiger partial charge in [0.05, 0.1) is 24.0 Å². The van der Waals surface area contributed by atoms with Crippen LogP contribution < -0.4 is 5.32 Å². The average Bonchev–Trinajstić information content (AvgIpc) is 2.92. The summed E-state index contributed by atoms with van der Waals surface area (Å²) >= 11 is 3.49. The SMILES string of the molecule is CNCc1cc(-c2ccc(Br)cc2)n(CC2CCCCO2)n1.Cl. The summed E-state index contributed by atoms with van der Waals surface area (Å²) in [6, 6.07) is 10.6. The summed E-state index contributed by atoms with van der Waals surface area (Å²) in [6.45, 7) is 2.49. The fourth-order valence-corrected chi connectivity index (χ4v) is 3.14. The molecule has 0 saturated carbocycles. The molecule has 0 spiro atoms. The molecule has 1 fully saturated rings. The van der Waals surface area contributed by atoms with Gasteiger partial charge in [0.1, 0.15) is 0 Å². The van der Waals surface area contributed by atoms with Crippen molar-refractivity contribution in [3.63, 3.8) is 0 Å². The Morgan fingerprint density at radius 2 is 2.09 bits per heavy atom. The molecule has 1 N–H and O–H groups in total. The number of benzene rings is 1. The van der Waals surface area contributed by atoms with E-state index in [0.29, 0.717) is 0 Å². The van der Waals surface area contributed by atoms with Crippen molar-refractivity contribution in [1.82, 2.24) is 15.1 Å². The van der Waals surface area contributed by atoms with Gasteiger partial charge in [-0.1, -0.05) is 28.1 Å². The summed E-state index contributed by atoms with van der Waals surface area (Å²) in [5.74, 6) is 0. The third-order valence-electron chi connectivity index (χ3n) is 3.98. The fourth-order valence-electron chi connectivity index (χ4n) is 2.87. The van der Waals surface area contributed by atoms with E-state index in [2.05, 4.69) is 56.3 Å². The second-order valence-electron chi connectivity index (χ2n) is 5.73. The van der Waals surface area contributed by atoms with Crippen LogP contribution in [0, 0.1) is 0 Å². The number of rotatable bonds is 5. The molecule has 1 saturated heterocycles. The molecule has 0 aliphatic carbocycles. The highest BCUT2D eigenvalue weighted by molar-refractivity contribution is 9.10. The lowest BCUT2D eigenvalue weighted by Gasteiger charge is -2.23. The van der Waals surface area contributed by atoms with Crippen molar-refractivity contribution in [2.75, 3.05) is 13.7 Å². The molecule has 2 aromatic rings. The van der Waals surface area contributed by atoms with Crippen molar-refractivity contribution in [2.45, 2.75) is 38.5 Å². The molecular formula is C17H23BrClN3O. The lowest BCUT2D eigenvalue weighted by atomic mass is 10.1. The van der Waals surface area contributed by atoms with Crippen molar-refractivity contribution in [3.05, 3.63) is 40.5 Å². The van der Waals surface area contributed by atoms with E-state index in [1.54, 1.807) is 0 Å². The first-order chi connectivity index (χ1) is 10.8. The number of ether oxygens (including phenoxy) is 1. The molecule has 3 rings (SSSR count). The van der Waals surface area contributed by atoms with Crippen LogP contribution in [0.2, 0.25) is 0 Å². The maximum atomic E-state index is 5.88. The molecule has 1 aliphatic heterocycles. The van der Waals surface area contributed by atoms with E-state index in [0.717, 1.165) is 42.0 Å². The Kier molecular flexibility index (Phi) is 7.09. The summed E-state index contributed by atoms with van der Waals surface area (Å²) in [5.41, 5.74) is 3.41. The number of nitrogens with zero attached hydrogens (tertiary/aromatic N) is 2. The molecule has 0 amide bonds. The van der Waals surface area contributed by atoms with Crippen LogP contribution in [0.25, 0.3) is 11.3 Å². The molecule has 0 bridgehead atoms. The smallest absolute Gasteiger partial charge is 0.0771 e. The van der Waals surface area contributed by atoms with Crippen LogP contribution in [0.15, 0.2) is 34.8 Å². The largest absolute Gasteiger partial charge is 0.376 e. The Morgan fingerprint density at radius 3 is 2.74 bits per heavy atom. The van der Waals surface area contributed by atoms with Crippen molar-refractivity contribution in [1.29, 1.82) is 0 Å². The van der Waals surface area contributed by atoms with Gasteiger partial charge < -0.3 is 10.1 Å². The number of nitrogens with one attached hydrogen (secondary N) is 1. The Balaban J connectivity index is 0.00000192. The molecule has 1 aromatic carbocycles. The molecule has 1 unspecified atom stereocenters. The van der Waals surface area contributed by atoms with Crippen LogP contribution in [0.5, 0.6) is 0 Å². The van der Waals surface area contributed by atoms with E-state index >= 15 is 0 Å². The molecule has 6 heteroatoms. The quantitative estimate of drug-likeness (QED) is 0.824. The highest BCUT2D eigenvalue weighted by atomic mass is 79.9. The van der Waals surface area contributed by atoms with Crippen LogP contribution >= 0.6 is 28.3 Å². The second-order valence-corrected chi connectivity index (χ2v) is 6.64. The number of aromatic nitrogens is 2. The maximum Gasteiger partial charge on any atom is 0.0771 e. The summed E-state index contributed by atoms with van der Waals surface area (Å²) in [7, 11) is 1.95. The van der Waals surface area contributed by atoms with Gasteiger partial charge >= 0.3 is 0 Å². The highest BCUT2D eigenvalue weighted by Crippen LogP contribution is 2.24. The van der Waals surface area contributed by atoms with Crippen molar-refractivity contribution >= 4 is 28.3 Å². The van der Waals surface area contributed by atoms with E-state index in [9.17, 15) is 0 Å². The Hall–Kier alpha value is -0.880. The molecular weight excluding hydrogens is 378 g/mol. The monoisotopic (exact) mass is 399 g/mol. The zero-order valence-electron chi connectivity index (χ0n) is 13.3. The van der Waals surface area contributed by atoms with E-state index in [1.165, 1.54) is 18.4 Å². The Labute approximate surface area is 152 Å². The summed E-state index contributed by atoms with van der Waals surface area (Å²) in [4.78, 5) is 0. The van der Waals surface area contributed by atoms with Crippen molar-refractivity contribution < 1.29 is 4.74 Å². The van der Waals surface area contributed by atoms with E-state index in [-0.39, 0.29) is 18.5 Å². The van der Waals surface area contributed by atoms with Gasteiger partial charge in [0.25, 0.3) is 0 Å². The fraction of sp³-hybridized carbons (Fsp3) is 0.471. The molecule has 1 aliphatic rings. The van der Waals surface area contributed by atoms with Crippen molar-refractivity contribution in [3.8, 4) is 11.3 Å². The van der Waals surface area contributed by atoms with Gasteiger partial charge in [-0.05, 0) is 50.1 Å². The maximum absolute atomic E-state index is 5.88. The van der Waals surface area contributed by atoms with Gasteiger partial charge in [-0.2, -0.15) is 5.10 Å². The Bertz CT molecular complexity index is 609. The van der Waals surface area contributed by atoms with Gasteiger partial charge in [0, 0.05) is 17.6 Å². The highest BCUT2D eigenvalue weighted by Gasteiger charge is 2.18. The lowest BCUT2D eigenvalue weighted by molar-refractivity contribution is 0.00423. The molecule has 1 atom stereocenters. The first-order valence-electron chi connectivity index (χ1n) is 7.85. The molecule has 1 aromatic heterocycles. The molecule has 126 valence electrons. The first kappa shape index (κ1) is 18.5. The van der Waals surface area contributed by atoms with E-state index in [4.69, 9.17) is 9.84 Å². The zero-order chi connectivity index (χ0) is 15.4. The lowest BCUT2D eigenvalue weighted by Crippen LogP contribution is -2.25. The topological polar surface area (TPSA) is 39.1 Å². The minimum Gasteiger partial charge on any atom is -0.376 e. The average molecular weight is 401 g/mol. The van der Waals surface area contributed by atoms with Gasteiger partial charge in [-0.25, -0.2) is 0 Å². The molecule has 23 heavy (non-hydrogen) atoms. The third-order valence-corrected chi connectivity index (χ3v) is 4.51. The summed E-state index contributed by atoms with van der Waals surface area (Å²) in [5, 5.41) is 7.93. The minimum absolute atomic E-state index is 0. The van der Waals surface area contributed by atoms with Crippen LogP contribution in [0.1, 0.15) is 25.0 Å².